The number of carbonyl (C=O) groups is 1. The molecule has 15 heavy (non-hydrogen) atoms. The monoisotopic (exact) mass is 223 g/mol. The predicted octanol–water partition coefficient (Wildman–Crippen LogP) is 1.75. The average Bonchev–Trinajstić information content (AvgIpc) is 2.79. The normalized spacial score (nSPS) is 21.7. The largest absolute Gasteiger partial charge is 0.369 e. The summed E-state index contributed by atoms with van der Waals surface area (Å²) in [7, 11) is 0. The SMILES string of the molecule is CC1=C(C)C(O)N(Cc2cccs2)C1=O. The van der Waals surface area contributed by atoms with Gasteiger partial charge in [-0.2, -0.15) is 0 Å². The summed E-state index contributed by atoms with van der Waals surface area (Å²) in [6.07, 6.45) is -0.750. The lowest BCUT2D eigenvalue weighted by atomic mass is 10.2. The van der Waals surface area contributed by atoms with Crippen LogP contribution in [0.25, 0.3) is 0 Å². The van der Waals surface area contributed by atoms with Gasteiger partial charge in [0.25, 0.3) is 5.91 Å². The summed E-state index contributed by atoms with van der Waals surface area (Å²) in [5.74, 6) is -0.0617. The zero-order valence-corrected chi connectivity index (χ0v) is 9.54. The van der Waals surface area contributed by atoms with Crippen molar-refractivity contribution < 1.29 is 9.90 Å². The second-order valence-electron chi connectivity index (χ2n) is 3.69. The van der Waals surface area contributed by atoms with Gasteiger partial charge in [0.15, 0.2) is 6.23 Å². The van der Waals surface area contributed by atoms with Gasteiger partial charge in [-0.15, -0.1) is 11.3 Å². The highest BCUT2D eigenvalue weighted by atomic mass is 32.1. The second kappa shape index (κ2) is 3.79. The summed E-state index contributed by atoms with van der Waals surface area (Å²) in [6, 6.07) is 3.91. The minimum Gasteiger partial charge on any atom is -0.369 e. The molecule has 0 spiro atoms. The first-order valence-electron chi connectivity index (χ1n) is 4.80. The molecule has 2 heterocycles. The van der Waals surface area contributed by atoms with Crippen LogP contribution in [0.1, 0.15) is 18.7 Å². The molecule has 0 aliphatic carbocycles. The van der Waals surface area contributed by atoms with Crippen LogP contribution >= 0.6 is 11.3 Å². The molecule has 0 fully saturated rings. The average molecular weight is 223 g/mol. The lowest BCUT2D eigenvalue weighted by molar-refractivity contribution is -0.132. The lowest BCUT2D eigenvalue weighted by Crippen LogP contribution is -2.34. The molecule has 0 saturated carbocycles. The van der Waals surface area contributed by atoms with Crippen LogP contribution in [0.4, 0.5) is 0 Å². The fraction of sp³-hybridized carbons (Fsp3) is 0.364. The van der Waals surface area contributed by atoms with E-state index in [1.807, 2.05) is 17.5 Å². The number of carbonyl (C=O) groups excluding carboxylic acids is 1. The number of thiophene rings is 1. The van der Waals surface area contributed by atoms with Crippen LogP contribution in [0, 0.1) is 0 Å². The van der Waals surface area contributed by atoms with Crippen LogP contribution in [0.3, 0.4) is 0 Å². The number of aliphatic hydroxyl groups is 1. The van der Waals surface area contributed by atoms with Crippen molar-refractivity contribution in [1.82, 2.24) is 4.90 Å². The molecule has 1 aliphatic heterocycles. The summed E-state index contributed by atoms with van der Waals surface area (Å²) >= 11 is 1.59. The summed E-state index contributed by atoms with van der Waals surface area (Å²) in [4.78, 5) is 14.3. The van der Waals surface area contributed by atoms with Gasteiger partial charge in [0, 0.05) is 10.5 Å². The van der Waals surface area contributed by atoms with Crippen molar-refractivity contribution >= 4 is 17.2 Å². The molecule has 1 N–H and O–H groups in total. The van der Waals surface area contributed by atoms with Gasteiger partial charge >= 0.3 is 0 Å². The zero-order valence-electron chi connectivity index (χ0n) is 8.73. The molecule has 1 amide bonds. The number of rotatable bonds is 2. The van der Waals surface area contributed by atoms with Crippen molar-refractivity contribution in [2.75, 3.05) is 0 Å². The van der Waals surface area contributed by atoms with E-state index in [0.717, 1.165) is 10.5 Å². The summed E-state index contributed by atoms with van der Waals surface area (Å²) in [6.45, 7) is 4.05. The number of nitrogens with zero attached hydrogens (tertiary/aromatic N) is 1. The van der Waals surface area contributed by atoms with Gasteiger partial charge in [0.05, 0.1) is 6.54 Å². The van der Waals surface area contributed by atoms with Gasteiger partial charge in [0.2, 0.25) is 0 Å². The van der Waals surface area contributed by atoms with Crippen LogP contribution < -0.4 is 0 Å². The molecule has 1 aromatic heterocycles. The molecule has 0 aromatic carbocycles. The summed E-state index contributed by atoms with van der Waals surface area (Å²) in [5.41, 5.74) is 1.43. The molecule has 0 saturated heterocycles. The first kappa shape index (κ1) is 10.4. The molecular formula is C11H13NO2S. The first-order valence-corrected chi connectivity index (χ1v) is 5.68. The van der Waals surface area contributed by atoms with Gasteiger partial charge in [-0.3, -0.25) is 4.79 Å². The standard InChI is InChI=1S/C11H13NO2S/c1-7-8(2)11(14)12(10(7)13)6-9-4-3-5-15-9/h3-5,10,13H,6H2,1-2H3. The Bertz CT molecular complexity index is 408. The number of hydrogen-bond donors (Lipinski definition) is 1. The molecule has 80 valence electrons. The maximum absolute atomic E-state index is 11.8. The maximum atomic E-state index is 11.8. The molecule has 0 radical (unpaired) electrons. The molecule has 3 nitrogen and oxygen atoms in total. The van der Waals surface area contributed by atoms with E-state index < -0.39 is 6.23 Å². The fourth-order valence-corrected chi connectivity index (χ4v) is 2.35. The molecule has 0 bridgehead atoms. The van der Waals surface area contributed by atoms with Gasteiger partial charge in [-0.25, -0.2) is 0 Å². The molecule has 2 rings (SSSR count). The Hall–Kier alpha value is -1.13. The number of hydrogen-bond acceptors (Lipinski definition) is 3. The highest BCUT2D eigenvalue weighted by Crippen LogP contribution is 2.26. The van der Waals surface area contributed by atoms with E-state index in [0.29, 0.717) is 12.1 Å². The molecule has 1 aliphatic rings. The third-order valence-corrected chi connectivity index (χ3v) is 3.62. The van der Waals surface area contributed by atoms with Gasteiger partial charge in [-0.05, 0) is 30.9 Å². The van der Waals surface area contributed by atoms with E-state index in [4.69, 9.17) is 0 Å². The maximum Gasteiger partial charge on any atom is 0.252 e. The Morgan fingerprint density at radius 3 is 2.73 bits per heavy atom. The van der Waals surface area contributed by atoms with E-state index >= 15 is 0 Å². The van der Waals surface area contributed by atoms with Crippen molar-refractivity contribution in [1.29, 1.82) is 0 Å². The van der Waals surface area contributed by atoms with E-state index in [-0.39, 0.29) is 5.91 Å². The van der Waals surface area contributed by atoms with Crippen LogP contribution in [0.2, 0.25) is 0 Å². The van der Waals surface area contributed by atoms with Crippen LogP contribution in [0.15, 0.2) is 28.7 Å². The Morgan fingerprint density at radius 2 is 2.27 bits per heavy atom. The minimum atomic E-state index is -0.750. The topological polar surface area (TPSA) is 40.5 Å². The Balaban J connectivity index is 2.17. The Labute approximate surface area is 92.6 Å². The van der Waals surface area contributed by atoms with E-state index in [1.165, 1.54) is 4.90 Å². The highest BCUT2D eigenvalue weighted by Gasteiger charge is 2.33. The summed E-state index contributed by atoms with van der Waals surface area (Å²) in [5, 5.41) is 11.8. The first-order chi connectivity index (χ1) is 7.11. The van der Waals surface area contributed by atoms with Crippen molar-refractivity contribution in [3.05, 3.63) is 33.5 Å². The quantitative estimate of drug-likeness (QED) is 0.829. The van der Waals surface area contributed by atoms with Crippen LogP contribution in [0.5, 0.6) is 0 Å². The minimum absolute atomic E-state index is 0.0617. The van der Waals surface area contributed by atoms with Crippen molar-refractivity contribution in [3.63, 3.8) is 0 Å². The van der Waals surface area contributed by atoms with Crippen LogP contribution in [-0.4, -0.2) is 22.1 Å². The molecule has 1 aromatic rings. The van der Waals surface area contributed by atoms with Crippen molar-refractivity contribution in [2.24, 2.45) is 0 Å². The lowest BCUT2D eigenvalue weighted by Gasteiger charge is -2.21. The fourth-order valence-electron chi connectivity index (χ4n) is 1.65. The van der Waals surface area contributed by atoms with Gasteiger partial charge < -0.3 is 10.0 Å². The van der Waals surface area contributed by atoms with Crippen molar-refractivity contribution in [2.45, 2.75) is 26.6 Å². The Morgan fingerprint density at radius 1 is 1.53 bits per heavy atom. The molecule has 1 atom stereocenters. The van der Waals surface area contributed by atoms with E-state index in [1.54, 1.807) is 25.2 Å². The van der Waals surface area contributed by atoms with Gasteiger partial charge in [-0.1, -0.05) is 6.07 Å². The van der Waals surface area contributed by atoms with E-state index in [9.17, 15) is 9.90 Å². The van der Waals surface area contributed by atoms with Gasteiger partial charge in [0.1, 0.15) is 0 Å². The Kier molecular flexibility index (Phi) is 2.63. The third-order valence-electron chi connectivity index (χ3n) is 2.76. The van der Waals surface area contributed by atoms with Crippen molar-refractivity contribution in [3.8, 4) is 0 Å². The molecular weight excluding hydrogens is 210 g/mol. The highest BCUT2D eigenvalue weighted by molar-refractivity contribution is 7.09. The number of amides is 1. The third kappa shape index (κ3) is 1.70. The summed E-state index contributed by atoms with van der Waals surface area (Å²) < 4.78 is 0. The molecule has 4 heteroatoms. The zero-order chi connectivity index (χ0) is 11.0. The van der Waals surface area contributed by atoms with E-state index in [2.05, 4.69) is 0 Å². The predicted molar refractivity (Wildman–Crippen MR) is 59.2 cm³/mol. The van der Waals surface area contributed by atoms with Crippen LogP contribution in [-0.2, 0) is 11.3 Å². The second-order valence-corrected chi connectivity index (χ2v) is 4.73. The number of aliphatic hydroxyl groups excluding tert-OH is 1. The molecule has 1 unspecified atom stereocenters. The smallest absolute Gasteiger partial charge is 0.252 e.